The van der Waals surface area contributed by atoms with Crippen LogP contribution in [0, 0.1) is 0 Å². The van der Waals surface area contributed by atoms with Crippen molar-refractivity contribution in [3.8, 4) is 0 Å². The summed E-state index contributed by atoms with van der Waals surface area (Å²) in [7, 11) is 0. The summed E-state index contributed by atoms with van der Waals surface area (Å²) >= 11 is 5.75. The molecule has 1 heterocycles. The minimum atomic E-state index is -0.313. The first-order valence-electron chi connectivity index (χ1n) is 6.61. The summed E-state index contributed by atoms with van der Waals surface area (Å²) in [4.78, 5) is 37.7. The van der Waals surface area contributed by atoms with Crippen LogP contribution in [0.2, 0.25) is 5.02 Å². The number of nitrogens with zero attached hydrogens (tertiary/aromatic N) is 2. The number of piperazine rings is 1. The van der Waals surface area contributed by atoms with Gasteiger partial charge in [-0.25, -0.2) is 0 Å². The van der Waals surface area contributed by atoms with Crippen LogP contribution in [-0.4, -0.2) is 60.7 Å². The maximum atomic E-state index is 12.0. The van der Waals surface area contributed by atoms with E-state index in [4.69, 9.17) is 11.6 Å². The standard InChI is InChI=1S/C14H16ClN3O3/c15-12-3-1-11(2-4-12)14(21)16-9-13(20)18-7-5-17(10-19)6-8-18/h1-4,10H,5-9H2,(H,16,21). The molecule has 1 aromatic rings. The molecule has 1 fully saturated rings. The Balaban J connectivity index is 1.80. The molecule has 7 heteroatoms. The third-order valence-corrected chi connectivity index (χ3v) is 3.57. The summed E-state index contributed by atoms with van der Waals surface area (Å²) in [6.45, 7) is 1.99. The van der Waals surface area contributed by atoms with E-state index in [1.807, 2.05) is 0 Å². The van der Waals surface area contributed by atoms with E-state index in [2.05, 4.69) is 5.32 Å². The molecule has 0 atom stereocenters. The van der Waals surface area contributed by atoms with Gasteiger partial charge in [-0.05, 0) is 24.3 Å². The first-order chi connectivity index (χ1) is 10.1. The highest BCUT2D eigenvalue weighted by atomic mass is 35.5. The molecule has 112 valence electrons. The molecule has 0 aliphatic carbocycles. The summed E-state index contributed by atoms with van der Waals surface area (Å²) in [6.07, 6.45) is 0.782. The second-order valence-electron chi connectivity index (χ2n) is 4.71. The molecule has 21 heavy (non-hydrogen) atoms. The zero-order valence-corrected chi connectivity index (χ0v) is 12.2. The van der Waals surface area contributed by atoms with Gasteiger partial charge in [0.15, 0.2) is 0 Å². The van der Waals surface area contributed by atoms with Gasteiger partial charge in [0.25, 0.3) is 5.91 Å². The summed E-state index contributed by atoms with van der Waals surface area (Å²) < 4.78 is 0. The Labute approximate surface area is 127 Å². The molecule has 1 saturated heterocycles. The molecular weight excluding hydrogens is 294 g/mol. The lowest BCUT2D eigenvalue weighted by molar-refractivity contribution is -0.134. The second kappa shape index (κ2) is 7.08. The number of hydrogen-bond acceptors (Lipinski definition) is 3. The number of amides is 3. The minimum Gasteiger partial charge on any atom is -0.343 e. The molecule has 0 spiro atoms. The summed E-state index contributed by atoms with van der Waals surface area (Å²) in [5.41, 5.74) is 0.456. The Bertz CT molecular complexity index is 525. The molecule has 0 bridgehead atoms. The molecule has 2 rings (SSSR count). The minimum absolute atomic E-state index is 0.0530. The van der Waals surface area contributed by atoms with Crippen molar-refractivity contribution in [2.45, 2.75) is 0 Å². The molecule has 1 aromatic carbocycles. The average molecular weight is 310 g/mol. The lowest BCUT2D eigenvalue weighted by Crippen LogP contribution is -2.50. The van der Waals surface area contributed by atoms with Gasteiger partial charge in [-0.15, -0.1) is 0 Å². The van der Waals surface area contributed by atoms with E-state index in [0.717, 1.165) is 6.41 Å². The molecule has 0 radical (unpaired) electrons. The highest BCUT2D eigenvalue weighted by Crippen LogP contribution is 2.09. The molecular formula is C14H16ClN3O3. The van der Waals surface area contributed by atoms with Crippen molar-refractivity contribution in [3.05, 3.63) is 34.9 Å². The van der Waals surface area contributed by atoms with Gasteiger partial charge < -0.3 is 15.1 Å². The third-order valence-electron chi connectivity index (χ3n) is 3.32. The lowest BCUT2D eigenvalue weighted by atomic mass is 10.2. The maximum Gasteiger partial charge on any atom is 0.251 e. The van der Waals surface area contributed by atoms with Crippen LogP contribution < -0.4 is 5.32 Å². The van der Waals surface area contributed by atoms with E-state index in [1.54, 1.807) is 34.1 Å². The quantitative estimate of drug-likeness (QED) is 0.817. The first-order valence-corrected chi connectivity index (χ1v) is 6.99. The highest BCUT2D eigenvalue weighted by Gasteiger charge is 2.20. The SMILES string of the molecule is O=CN1CCN(C(=O)CNC(=O)c2ccc(Cl)cc2)CC1. The summed E-state index contributed by atoms with van der Waals surface area (Å²) in [5.74, 6) is -0.464. The number of halogens is 1. The van der Waals surface area contributed by atoms with E-state index in [0.29, 0.717) is 36.8 Å². The van der Waals surface area contributed by atoms with Gasteiger partial charge in [-0.3, -0.25) is 14.4 Å². The van der Waals surface area contributed by atoms with Crippen LogP contribution in [0.1, 0.15) is 10.4 Å². The lowest BCUT2D eigenvalue weighted by Gasteiger charge is -2.32. The molecule has 0 saturated carbocycles. The number of carbonyl (C=O) groups excluding carboxylic acids is 3. The van der Waals surface area contributed by atoms with Gasteiger partial charge in [-0.1, -0.05) is 11.6 Å². The monoisotopic (exact) mass is 309 g/mol. The zero-order chi connectivity index (χ0) is 15.2. The molecule has 0 unspecified atom stereocenters. The Morgan fingerprint density at radius 3 is 2.33 bits per heavy atom. The number of nitrogens with one attached hydrogen (secondary N) is 1. The van der Waals surface area contributed by atoms with Crippen molar-refractivity contribution in [2.75, 3.05) is 32.7 Å². The first kappa shape index (κ1) is 15.3. The molecule has 1 aliphatic heterocycles. The molecule has 1 aliphatic rings. The van der Waals surface area contributed by atoms with Crippen LogP contribution in [-0.2, 0) is 9.59 Å². The van der Waals surface area contributed by atoms with Crippen molar-refractivity contribution >= 4 is 29.8 Å². The van der Waals surface area contributed by atoms with Crippen molar-refractivity contribution in [1.82, 2.24) is 15.1 Å². The largest absolute Gasteiger partial charge is 0.343 e. The number of carbonyl (C=O) groups is 3. The van der Waals surface area contributed by atoms with Gasteiger partial charge in [0.2, 0.25) is 12.3 Å². The molecule has 6 nitrogen and oxygen atoms in total. The fraction of sp³-hybridized carbons (Fsp3) is 0.357. The number of hydrogen-bond donors (Lipinski definition) is 1. The Morgan fingerprint density at radius 1 is 1.14 bits per heavy atom. The molecule has 0 aromatic heterocycles. The van der Waals surface area contributed by atoms with Gasteiger partial charge in [0, 0.05) is 36.8 Å². The van der Waals surface area contributed by atoms with Crippen molar-refractivity contribution in [3.63, 3.8) is 0 Å². The molecule has 1 N–H and O–H groups in total. The van der Waals surface area contributed by atoms with Crippen LogP contribution in [0.25, 0.3) is 0 Å². The average Bonchev–Trinajstić information content (AvgIpc) is 2.53. The molecule has 3 amide bonds. The summed E-state index contributed by atoms with van der Waals surface area (Å²) in [6, 6.07) is 6.45. The van der Waals surface area contributed by atoms with Gasteiger partial charge >= 0.3 is 0 Å². The van der Waals surface area contributed by atoms with Crippen LogP contribution in [0.5, 0.6) is 0 Å². The zero-order valence-electron chi connectivity index (χ0n) is 11.4. The van der Waals surface area contributed by atoms with Crippen LogP contribution in [0.15, 0.2) is 24.3 Å². The van der Waals surface area contributed by atoms with E-state index >= 15 is 0 Å². The number of benzene rings is 1. The van der Waals surface area contributed by atoms with E-state index in [-0.39, 0.29) is 18.4 Å². The second-order valence-corrected chi connectivity index (χ2v) is 5.15. The van der Waals surface area contributed by atoms with Crippen LogP contribution in [0.3, 0.4) is 0 Å². The predicted octanol–water partition coefficient (Wildman–Crippen LogP) is 0.370. The third kappa shape index (κ3) is 4.19. The van der Waals surface area contributed by atoms with Crippen molar-refractivity contribution in [1.29, 1.82) is 0 Å². The topological polar surface area (TPSA) is 69.7 Å². The van der Waals surface area contributed by atoms with E-state index in [1.165, 1.54) is 0 Å². The van der Waals surface area contributed by atoms with E-state index in [9.17, 15) is 14.4 Å². The van der Waals surface area contributed by atoms with Crippen molar-refractivity contribution in [2.24, 2.45) is 0 Å². The highest BCUT2D eigenvalue weighted by molar-refractivity contribution is 6.30. The van der Waals surface area contributed by atoms with Crippen LogP contribution >= 0.6 is 11.6 Å². The number of rotatable bonds is 4. The fourth-order valence-corrected chi connectivity index (χ4v) is 2.17. The maximum absolute atomic E-state index is 12.0. The Morgan fingerprint density at radius 2 is 1.76 bits per heavy atom. The Hall–Kier alpha value is -2.08. The van der Waals surface area contributed by atoms with E-state index < -0.39 is 0 Å². The predicted molar refractivity (Wildman–Crippen MR) is 78.0 cm³/mol. The van der Waals surface area contributed by atoms with Crippen molar-refractivity contribution < 1.29 is 14.4 Å². The van der Waals surface area contributed by atoms with Crippen LogP contribution in [0.4, 0.5) is 0 Å². The normalized spacial score (nSPS) is 14.7. The Kier molecular flexibility index (Phi) is 5.16. The smallest absolute Gasteiger partial charge is 0.251 e. The summed E-state index contributed by atoms with van der Waals surface area (Å²) in [5, 5.41) is 3.14. The van der Waals surface area contributed by atoms with Gasteiger partial charge in [0.05, 0.1) is 6.54 Å². The van der Waals surface area contributed by atoms with Gasteiger partial charge in [0.1, 0.15) is 0 Å². The van der Waals surface area contributed by atoms with Gasteiger partial charge in [-0.2, -0.15) is 0 Å². The fourth-order valence-electron chi connectivity index (χ4n) is 2.05.